The van der Waals surface area contributed by atoms with Crippen LogP contribution in [0.25, 0.3) is 0 Å². The van der Waals surface area contributed by atoms with E-state index in [0.717, 1.165) is 50.7 Å². The Bertz CT molecular complexity index is 1150. The molecule has 40 heavy (non-hydrogen) atoms. The number of hydrogen-bond acceptors (Lipinski definition) is 7. The van der Waals surface area contributed by atoms with Crippen molar-refractivity contribution in [2.45, 2.75) is 76.5 Å². The Balaban J connectivity index is 1.56. The number of hydrogen-bond donors (Lipinski definition) is 6. The molecular formula is C29H42F2N4O4S. The van der Waals surface area contributed by atoms with Gasteiger partial charge in [0.1, 0.15) is 0 Å². The number of nitrogens with zero attached hydrogens (tertiary/aromatic N) is 1. The molecule has 4 rings (SSSR count). The van der Waals surface area contributed by atoms with Crippen LogP contribution in [0.2, 0.25) is 0 Å². The minimum atomic E-state index is -2.99. The summed E-state index contributed by atoms with van der Waals surface area (Å²) in [4.78, 5) is 13.6. The second-order valence-corrected chi connectivity index (χ2v) is 12.9. The van der Waals surface area contributed by atoms with Gasteiger partial charge in [0.05, 0.1) is 23.6 Å². The lowest BCUT2D eigenvalue weighted by Gasteiger charge is -2.47. The first-order chi connectivity index (χ1) is 19.2. The molecule has 11 heteroatoms. The first-order valence-corrected chi connectivity index (χ1v) is 15.9. The molecule has 2 aromatic carbocycles. The van der Waals surface area contributed by atoms with Gasteiger partial charge in [-0.25, -0.2) is 8.78 Å². The summed E-state index contributed by atoms with van der Waals surface area (Å²) in [6, 6.07) is 8.18. The average molecular weight is 581 g/mol. The highest BCUT2D eigenvalue weighted by Crippen LogP contribution is 2.50. The second-order valence-electron chi connectivity index (χ2n) is 10.8. The molecule has 2 atom stereocenters. The number of halogens is 2. The lowest BCUT2D eigenvalue weighted by molar-refractivity contribution is 0.0821. The molecular weight excluding hydrogens is 538 g/mol. The van der Waals surface area contributed by atoms with Gasteiger partial charge in [-0.15, -0.1) is 10.8 Å². The molecule has 2 aliphatic rings. The van der Waals surface area contributed by atoms with Gasteiger partial charge in [0.15, 0.2) is 11.6 Å². The largest absolute Gasteiger partial charge is 0.390 e. The van der Waals surface area contributed by atoms with E-state index >= 15 is 0 Å². The van der Waals surface area contributed by atoms with E-state index in [1.165, 1.54) is 12.5 Å². The number of rotatable bonds is 11. The van der Waals surface area contributed by atoms with E-state index in [4.69, 9.17) is 0 Å². The van der Waals surface area contributed by atoms with Gasteiger partial charge >= 0.3 is 0 Å². The number of amides is 1. The SMILES string of the molecule is CCNc1cc(C(=O)N[C@@H](Cc2ccc(F)c(F)c2)[C@H](O)CNC2CCCCC2)cc(N2CCCCS2(O)O)c1. The van der Waals surface area contributed by atoms with Crippen molar-refractivity contribution in [3.63, 3.8) is 0 Å². The fourth-order valence-corrected chi connectivity index (χ4v) is 7.17. The van der Waals surface area contributed by atoms with Crippen LogP contribution in [0.15, 0.2) is 36.4 Å². The van der Waals surface area contributed by atoms with Gasteiger partial charge in [0, 0.05) is 36.9 Å². The topological polar surface area (TPSA) is 117 Å². The summed E-state index contributed by atoms with van der Waals surface area (Å²) in [7, 11) is -2.99. The van der Waals surface area contributed by atoms with Crippen molar-refractivity contribution in [3.05, 3.63) is 59.2 Å². The van der Waals surface area contributed by atoms with Crippen LogP contribution < -0.4 is 20.3 Å². The van der Waals surface area contributed by atoms with Crippen molar-refractivity contribution < 1.29 is 27.8 Å². The van der Waals surface area contributed by atoms with Crippen LogP contribution in [0.5, 0.6) is 0 Å². The molecule has 6 N–H and O–H groups in total. The van der Waals surface area contributed by atoms with Crippen molar-refractivity contribution in [1.82, 2.24) is 10.6 Å². The molecule has 2 fully saturated rings. The zero-order valence-electron chi connectivity index (χ0n) is 23.0. The van der Waals surface area contributed by atoms with Gasteiger partial charge < -0.3 is 21.1 Å². The molecule has 8 nitrogen and oxygen atoms in total. The average Bonchev–Trinajstić information content (AvgIpc) is 2.93. The van der Waals surface area contributed by atoms with Gasteiger partial charge in [-0.1, -0.05) is 25.3 Å². The van der Waals surface area contributed by atoms with E-state index in [-0.39, 0.29) is 24.3 Å². The predicted octanol–water partition coefficient (Wildman–Crippen LogP) is 5.29. The highest BCUT2D eigenvalue weighted by molar-refractivity contribution is 8.25. The van der Waals surface area contributed by atoms with Crippen molar-refractivity contribution in [3.8, 4) is 0 Å². The zero-order valence-corrected chi connectivity index (χ0v) is 23.9. The quantitative estimate of drug-likeness (QED) is 0.214. The molecule has 1 aliphatic carbocycles. The van der Waals surface area contributed by atoms with E-state index in [1.54, 1.807) is 22.5 Å². The van der Waals surface area contributed by atoms with Crippen LogP contribution in [-0.4, -0.2) is 63.7 Å². The number of aliphatic hydroxyl groups is 1. The van der Waals surface area contributed by atoms with Gasteiger partial charge in [-0.05, 0) is 74.9 Å². The second kappa shape index (κ2) is 14.0. The third kappa shape index (κ3) is 8.07. The number of aliphatic hydroxyl groups excluding tert-OH is 1. The van der Waals surface area contributed by atoms with E-state index in [0.29, 0.717) is 36.1 Å². The van der Waals surface area contributed by atoms with E-state index in [9.17, 15) is 27.8 Å². The van der Waals surface area contributed by atoms with Gasteiger partial charge in [-0.3, -0.25) is 18.2 Å². The fraction of sp³-hybridized carbons (Fsp3) is 0.552. The predicted molar refractivity (Wildman–Crippen MR) is 157 cm³/mol. The Hall–Kier alpha value is -2.44. The number of carbonyl (C=O) groups excluding carboxylic acids is 1. The van der Waals surface area contributed by atoms with Gasteiger partial charge in [0.25, 0.3) is 5.91 Å². The van der Waals surface area contributed by atoms with Crippen molar-refractivity contribution >= 4 is 28.1 Å². The maximum atomic E-state index is 14.0. The minimum absolute atomic E-state index is 0.100. The summed E-state index contributed by atoms with van der Waals surface area (Å²) in [5, 5.41) is 20.7. The first-order valence-electron chi connectivity index (χ1n) is 14.2. The lowest BCUT2D eigenvalue weighted by atomic mass is 9.94. The summed E-state index contributed by atoms with van der Waals surface area (Å²) >= 11 is 0. The molecule has 1 aliphatic heterocycles. The van der Waals surface area contributed by atoms with Crippen LogP contribution in [0.4, 0.5) is 20.2 Å². The number of benzene rings is 2. The summed E-state index contributed by atoms with van der Waals surface area (Å²) in [5.41, 5.74) is 1.92. The van der Waals surface area contributed by atoms with Crippen LogP contribution >= 0.6 is 10.8 Å². The molecule has 1 saturated heterocycles. The molecule has 0 aromatic heterocycles. The van der Waals surface area contributed by atoms with E-state index in [2.05, 4.69) is 16.0 Å². The van der Waals surface area contributed by atoms with E-state index < -0.39 is 40.5 Å². The number of carbonyl (C=O) groups is 1. The molecule has 0 radical (unpaired) electrons. The Labute approximate surface area is 237 Å². The standard InChI is InChI=1S/C29H42F2N4O4S/c1-2-32-23-16-21(17-24(18-23)35-12-6-7-13-40(35,38)39)29(37)34-27(15-20-10-11-25(30)26(31)14-20)28(36)19-33-22-8-4-3-5-9-22/h10-11,14,16-18,22,27-28,32-33,36,38-39H,2-9,12-13,15,19H2,1H3,(H,34,37)/t27-,28+/m0/s1. The molecule has 0 spiro atoms. The molecule has 0 bridgehead atoms. The summed E-state index contributed by atoms with van der Waals surface area (Å²) in [6.07, 6.45) is 6.18. The molecule has 1 heterocycles. The van der Waals surface area contributed by atoms with Crippen LogP contribution in [0.1, 0.15) is 67.8 Å². The summed E-state index contributed by atoms with van der Waals surface area (Å²) in [5.74, 6) is -2.13. The van der Waals surface area contributed by atoms with E-state index in [1.807, 2.05) is 6.92 Å². The lowest BCUT2D eigenvalue weighted by Crippen LogP contribution is -2.50. The van der Waals surface area contributed by atoms with Crippen LogP contribution in [0, 0.1) is 11.6 Å². The number of nitrogens with one attached hydrogen (secondary N) is 3. The Morgan fingerprint density at radius 1 is 1.05 bits per heavy atom. The maximum Gasteiger partial charge on any atom is 0.251 e. The Morgan fingerprint density at radius 2 is 1.82 bits per heavy atom. The third-order valence-corrected chi connectivity index (χ3v) is 9.61. The fourth-order valence-electron chi connectivity index (χ4n) is 5.49. The van der Waals surface area contributed by atoms with Crippen LogP contribution in [0.3, 0.4) is 0 Å². The molecule has 2 aromatic rings. The van der Waals surface area contributed by atoms with Gasteiger partial charge in [-0.2, -0.15) is 0 Å². The highest BCUT2D eigenvalue weighted by Gasteiger charge is 2.29. The maximum absolute atomic E-state index is 14.0. The molecule has 1 amide bonds. The summed E-state index contributed by atoms with van der Waals surface area (Å²) in [6.45, 7) is 3.24. The van der Waals surface area contributed by atoms with Crippen molar-refractivity contribution in [2.24, 2.45) is 0 Å². The summed E-state index contributed by atoms with van der Waals surface area (Å²) < 4.78 is 50.4. The van der Waals surface area contributed by atoms with Gasteiger partial charge in [0.2, 0.25) is 0 Å². The normalized spacial score (nSPS) is 20.0. The molecule has 222 valence electrons. The van der Waals surface area contributed by atoms with Crippen molar-refractivity contribution in [1.29, 1.82) is 0 Å². The highest BCUT2D eigenvalue weighted by atomic mass is 32.3. The third-order valence-electron chi connectivity index (χ3n) is 7.67. The monoisotopic (exact) mass is 580 g/mol. The molecule has 1 saturated carbocycles. The first kappa shape index (κ1) is 30.5. The molecule has 0 unspecified atom stereocenters. The minimum Gasteiger partial charge on any atom is -0.390 e. The van der Waals surface area contributed by atoms with Crippen LogP contribution in [-0.2, 0) is 6.42 Å². The van der Waals surface area contributed by atoms with Crippen molar-refractivity contribution in [2.75, 3.05) is 35.0 Å². The zero-order chi connectivity index (χ0) is 28.7. The smallest absolute Gasteiger partial charge is 0.251 e. The number of anilines is 2. The Morgan fingerprint density at radius 3 is 2.52 bits per heavy atom. The Kier molecular flexibility index (Phi) is 10.6.